The van der Waals surface area contributed by atoms with Crippen LogP contribution in [0.5, 0.6) is 0 Å². The van der Waals surface area contributed by atoms with Crippen molar-refractivity contribution in [2.45, 2.75) is 12.7 Å². The molecule has 3 aromatic carbocycles. The van der Waals surface area contributed by atoms with Crippen molar-refractivity contribution in [1.29, 1.82) is 0 Å². The van der Waals surface area contributed by atoms with Crippen molar-refractivity contribution in [3.63, 3.8) is 0 Å². The van der Waals surface area contributed by atoms with Crippen molar-refractivity contribution in [1.82, 2.24) is 5.32 Å². The number of halogens is 3. The lowest BCUT2D eigenvalue weighted by Gasteiger charge is -2.09. The molecule has 0 fully saturated rings. The third kappa shape index (κ3) is 3.85. The molecule has 146 valence electrons. The SMILES string of the molecule is O=C(Nc1ccc(-c2ccc3c(c2)C(=O)NC3)cc1)c1ccc(C(F)(F)F)cc1. The summed E-state index contributed by atoms with van der Waals surface area (Å²) in [5.74, 6) is -0.594. The number of alkyl halides is 3. The fraction of sp³-hybridized carbons (Fsp3) is 0.0909. The summed E-state index contributed by atoms with van der Waals surface area (Å²) in [5.41, 5.74) is 3.20. The van der Waals surface area contributed by atoms with Gasteiger partial charge in [-0.2, -0.15) is 13.2 Å². The van der Waals surface area contributed by atoms with Crippen LogP contribution in [0, 0.1) is 0 Å². The van der Waals surface area contributed by atoms with Gasteiger partial charge in [-0.05, 0) is 59.2 Å². The molecule has 7 heteroatoms. The maximum Gasteiger partial charge on any atom is 0.416 e. The number of rotatable bonds is 3. The summed E-state index contributed by atoms with van der Waals surface area (Å²) in [4.78, 5) is 24.1. The van der Waals surface area contributed by atoms with E-state index in [9.17, 15) is 22.8 Å². The molecule has 1 heterocycles. The predicted octanol–water partition coefficient (Wildman–Crippen LogP) is 4.87. The molecule has 0 radical (unpaired) electrons. The Morgan fingerprint density at radius 3 is 2.21 bits per heavy atom. The second-order valence-corrected chi connectivity index (χ2v) is 6.66. The van der Waals surface area contributed by atoms with Crippen LogP contribution in [-0.2, 0) is 12.7 Å². The lowest BCUT2D eigenvalue weighted by molar-refractivity contribution is -0.137. The predicted molar refractivity (Wildman–Crippen MR) is 102 cm³/mol. The van der Waals surface area contributed by atoms with Crippen molar-refractivity contribution < 1.29 is 22.8 Å². The largest absolute Gasteiger partial charge is 0.416 e. The van der Waals surface area contributed by atoms with Crippen LogP contribution in [0.25, 0.3) is 11.1 Å². The minimum atomic E-state index is -4.44. The summed E-state index contributed by atoms with van der Waals surface area (Å²) in [6.45, 7) is 0.531. The third-order valence-corrected chi connectivity index (χ3v) is 4.74. The monoisotopic (exact) mass is 396 g/mol. The Kier molecular flexibility index (Phi) is 4.58. The molecule has 3 aromatic rings. The van der Waals surface area contributed by atoms with Gasteiger partial charge in [0.05, 0.1) is 5.56 Å². The maximum absolute atomic E-state index is 12.6. The lowest BCUT2D eigenvalue weighted by atomic mass is 10.00. The highest BCUT2D eigenvalue weighted by Crippen LogP contribution is 2.29. The Morgan fingerprint density at radius 2 is 1.55 bits per heavy atom. The Labute approximate surface area is 164 Å². The van der Waals surface area contributed by atoms with Gasteiger partial charge in [0.2, 0.25) is 0 Å². The Hall–Kier alpha value is -3.61. The molecule has 0 spiro atoms. The normalized spacial score (nSPS) is 13.0. The average Bonchev–Trinajstić information content (AvgIpc) is 3.08. The molecule has 2 amide bonds. The van der Waals surface area contributed by atoms with Crippen molar-refractivity contribution in [2.75, 3.05) is 5.32 Å². The number of carbonyl (C=O) groups is 2. The van der Waals surface area contributed by atoms with Gasteiger partial charge < -0.3 is 10.6 Å². The van der Waals surface area contributed by atoms with Gasteiger partial charge in [0, 0.05) is 23.4 Å². The molecule has 2 N–H and O–H groups in total. The minimum Gasteiger partial charge on any atom is -0.348 e. The van der Waals surface area contributed by atoms with Crippen molar-refractivity contribution in [3.8, 4) is 11.1 Å². The van der Waals surface area contributed by atoms with Crippen LogP contribution in [0.15, 0.2) is 66.7 Å². The van der Waals surface area contributed by atoms with Gasteiger partial charge in [-0.1, -0.05) is 24.3 Å². The number of nitrogens with one attached hydrogen (secondary N) is 2. The number of fused-ring (bicyclic) bond motifs is 1. The number of hydrogen-bond donors (Lipinski definition) is 2. The van der Waals surface area contributed by atoms with Crippen LogP contribution in [0.3, 0.4) is 0 Å². The first-order valence-corrected chi connectivity index (χ1v) is 8.81. The standard InChI is InChI=1S/C22H15F3N2O2/c23-22(24,25)17-7-3-14(4-8-17)20(28)27-18-9-5-13(6-10-18)15-1-2-16-12-26-21(29)19(16)11-15/h1-11H,12H2,(H,26,29)(H,27,28). The molecule has 0 saturated heterocycles. The zero-order valence-electron chi connectivity index (χ0n) is 15.0. The second kappa shape index (κ2) is 7.09. The van der Waals surface area contributed by atoms with Gasteiger partial charge in [0.1, 0.15) is 0 Å². The number of hydrogen-bond acceptors (Lipinski definition) is 2. The molecule has 0 atom stereocenters. The third-order valence-electron chi connectivity index (χ3n) is 4.74. The zero-order chi connectivity index (χ0) is 20.6. The van der Waals surface area contributed by atoms with Crippen molar-refractivity contribution >= 4 is 17.5 Å². The Bertz CT molecular complexity index is 1090. The Balaban J connectivity index is 1.48. The molecule has 0 unspecified atom stereocenters. The fourth-order valence-corrected chi connectivity index (χ4v) is 3.15. The van der Waals surface area contributed by atoms with E-state index >= 15 is 0 Å². The first-order chi connectivity index (χ1) is 13.8. The molecule has 0 aromatic heterocycles. The molecule has 0 bridgehead atoms. The van der Waals surface area contributed by atoms with Crippen LogP contribution >= 0.6 is 0 Å². The molecule has 29 heavy (non-hydrogen) atoms. The number of carbonyl (C=O) groups excluding carboxylic acids is 2. The molecule has 1 aliphatic rings. The quantitative estimate of drug-likeness (QED) is 0.664. The minimum absolute atomic E-state index is 0.0951. The summed E-state index contributed by atoms with van der Waals surface area (Å²) in [5, 5.41) is 5.43. The highest BCUT2D eigenvalue weighted by Gasteiger charge is 2.30. The topological polar surface area (TPSA) is 58.2 Å². The highest BCUT2D eigenvalue weighted by atomic mass is 19.4. The fourth-order valence-electron chi connectivity index (χ4n) is 3.15. The summed E-state index contributed by atoms with van der Waals surface area (Å²) in [7, 11) is 0. The van der Waals surface area contributed by atoms with Gasteiger partial charge >= 0.3 is 6.18 Å². The van der Waals surface area contributed by atoms with Gasteiger partial charge in [-0.3, -0.25) is 9.59 Å². The number of anilines is 1. The van der Waals surface area contributed by atoms with Crippen LogP contribution in [0.2, 0.25) is 0 Å². The smallest absolute Gasteiger partial charge is 0.348 e. The maximum atomic E-state index is 12.6. The molecular weight excluding hydrogens is 381 g/mol. The van der Waals surface area contributed by atoms with E-state index in [2.05, 4.69) is 10.6 Å². The van der Waals surface area contributed by atoms with E-state index in [1.807, 2.05) is 18.2 Å². The van der Waals surface area contributed by atoms with E-state index in [4.69, 9.17) is 0 Å². The van der Waals surface area contributed by atoms with Gasteiger partial charge in [0.25, 0.3) is 11.8 Å². The zero-order valence-corrected chi connectivity index (χ0v) is 15.0. The van der Waals surface area contributed by atoms with E-state index in [-0.39, 0.29) is 11.5 Å². The van der Waals surface area contributed by atoms with Crippen molar-refractivity contribution in [2.24, 2.45) is 0 Å². The van der Waals surface area contributed by atoms with E-state index in [1.165, 1.54) is 0 Å². The van der Waals surface area contributed by atoms with Crippen molar-refractivity contribution in [3.05, 3.63) is 89.0 Å². The number of amides is 2. The molecule has 0 saturated carbocycles. The number of benzene rings is 3. The first-order valence-electron chi connectivity index (χ1n) is 8.81. The van der Waals surface area contributed by atoms with E-state index in [0.717, 1.165) is 41.0 Å². The van der Waals surface area contributed by atoms with Crippen LogP contribution in [-0.4, -0.2) is 11.8 Å². The molecule has 4 rings (SSSR count). The molecule has 4 nitrogen and oxygen atoms in total. The highest BCUT2D eigenvalue weighted by molar-refractivity contribution is 6.04. The summed E-state index contributed by atoms with van der Waals surface area (Å²) < 4.78 is 37.9. The van der Waals surface area contributed by atoms with Crippen LogP contribution in [0.1, 0.15) is 31.8 Å². The molecule has 0 aliphatic carbocycles. The average molecular weight is 396 g/mol. The molecule has 1 aliphatic heterocycles. The van der Waals surface area contributed by atoms with Crippen LogP contribution in [0.4, 0.5) is 18.9 Å². The van der Waals surface area contributed by atoms with Gasteiger partial charge in [-0.15, -0.1) is 0 Å². The van der Waals surface area contributed by atoms with Crippen LogP contribution < -0.4 is 10.6 Å². The van der Waals surface area contributed by atoms with Gasteiger partial charge in [0.15, 0.2) is 0 Å². The van der Waals surface area contributed by atoms with E-state index in [0.29, 0.717) is 17.8 Å². The van der Waals surface area contributed by atoms with Gasteiger partial charge in [-0.25, -0.2) is 0 Å². The summed E-state index contributed by atoms with van der Waals surface area (Å²) in [6, 6.07) is 16.7. The Morgan fingerprint density at radius 1 is 0.897 bits per heavy atom. The lowest BCUT2D eigenvalue weighted by Crippen LogP contribution is -2.12. The summed E-state index contributed by atoms with van der Waals surface area (Å²) >= 11 is 0. The van der Waals surface area contributed by atoms with E-state index in [1.54, 1.807) is 24.3 Å². The van der Waals surface area contributed by atoms with E-state index < -0.39 is 17.6 Å². The first kappa shape index (κ1) is 18.7. The summed E-state index contributed by atoms with van der Waals surface area (Å²) in [6.07, 6.45) is -4.44. The second-order valence-electron chi connectivity index (χ2n) is 6.66. The molecular formula is C22H15F3N2O2.